The van der Waals surface area contributed by atoms with Gasteiger partial charge in [-0.05, 0) is 23.8 Å². The summed E-state index contributed by atoms with van der Waals surface area (Å²) in [6.07, 6.45) is 4.90. The van der Waals surface area contributed by atoms with Crippen LogP contribution in [-0.4, -0.2) is 18.9 Å². The van der Waals surface area contributed by atoms with E-state index in [0.717, 1.165) is 11.1 Å². The fourth-order valence-corrected chi connectivity index (χ4v) is 2.61. The number of aromatic nitrogens is 4. The summed E-state index contributed by atoms with van der Waals surface area (Å²) in [4.78, 5) is 20.6. The van der Waals surface area contributed by atoms with Gasteiger partial charge in [0.15, 0.2) is 0 Å². The van der Waals surface area contributed by atoms with Gasteiger partial charge in [-0.1, -0.05) is 18.2 Å². The van der Waals surface area contributed by atoms with Crippen molar-refractivity contribution in [3.8, 4) is 0 Å². The molecule has 5 nitrogen and oxygen atoms in total. The second kappa shape index (κ2) is 4.77. The Balaban J connectivity index is 1.99. The predicted octanol–water partition coefficient (Wildman–Crippen LogP) is 2.23. The van der Waals surface area contributed by atoms with Gasteiger partial charge in [-0.25, -0.2) is 9.97 Å². The molecule has 0 saturated carbocycles. The Kier molecular flexibility index (Phi) is 2.75. The lowest BCUT2D eigenvalue weighted by Gasteiger charge is -2.10. The third kappa shape index (κ3) is 1.88. The van der Waals surface area contributed by atoms with E-state index in [1.807, 2.05) is 28.8 Å². The Bertz CT molecular complexity index is 1030. The molecule has 0 atom stereocenters. The summed E-state index contributed by atoms with van der Waals surface area (Å²) in [6, 6.07) is 10.3. The molecule has 0 aliphatic heterocycles. The maximum atomic E-state index is 12.9. The van der Waals surface area contributed by atoms with Crippen LogP contribution in [0.2, 0.25) is 0 Å². The van der Waals surface area contributed by atoms with Crippen LogP contribution in [0, 0.1) is 5.95 Å². The van der Waals surface area contributed by atoms with E-state index in [9.17, 15) is 9.18 Å². The van der Waals surface area contributed by atoms with Crippen LogP contribution in [0.1, 0.15) is 5.56 Å². The Morgan fingerprint density at radius 2 is 1.95 bits per heavy atom. The Labute approximate surface area is 124 Å². The van der Waals surface area contributed by atoms with E-state index in [0.29, 0.717) is 11.2 Å². The van der Waals surface area contributed by atoms with Crippen LogP contribution >= 0.6 is 0 Å². The molecule has 0 aliphatic rings. The van der Waals surface area contributed by atoms with E-state index in [-0.39, 0.29) is 12.1 Å². The molecule has 0 saturated heterocycles. The van der Waals surface area contributed by atoms with E-state index in [2.05, 4.69) is 9.97 Å². The van der Waals surface area contributed by atoms with Crippen LogP contribution < -0.4 is 5.56 Å². The number of imidazole rings is 1. The summed E-state index contributed by atoms with van der Waals surface area (Å²) in [5.41, 5.74) is 1.43. The predicted molar refractivity (Wildman–Crippen MR) is 80.3 cm³/mol. The zero-order chi connectivity index (χ0) is 15.1. The van der Waals surface area contributed by atoms with Crippen molar-refractivity contribution < 1.29 is 4.39 Å². The molecule has 6 heteroatoms. The topological polar surface area (TPSA) is 52.2 Å². The molecule has 0 fully saturated rings. The van der Waals surface area contributed by atoms with E-state index in [1.165, 1.54) is 12.3 Å². The highest BCUT2D eigenvalue weighted by Crippen LogP contribution is 2.13. The standard InChI is InChI=1S/C16H11FN4O/c17-14-6-5-11(9-19-14)10-21-15(22)12-3-1-2-4-13(12)20-8-7-18-16(20)21/h1-9H,10H2. The Morgan fingerprint density at radius 3 is 2.77 bits per heavy atom. The average molecular weight is 294 g/mol. The highest BCUT2D eigenvalue weighted by atomic mass is 19.1. The molecule has 0 bridgehead atoms. The summed E-state index contributed by atoms with van der Waals surface area (Å²) in [5.74, 6) is 0.00796. The van der Waals surface area contributed by atoms with Crippen molar-refractivity contribution in [2.75, 3.05) is 0 Å². The van der Waals surface area contributed by atoms with Gasteiger partial charge in [-0.2, -0.15) is 4.39 Å². The summed E-state index contributed by atoms with van der Waals surface area (Å²) in [7, 11) is 0. The first-order valence-corrected chi connectivity index (χ1v) is 6.79. The minimum absolute atomic E-state index is 0.126. The second-order valence-corrected chi connectivity index (χ2v) is 4.99. The average Bonchev–Trinajstić information content (AvgIpc) is 3.03. The largest absolute Gasteiger partial charge is 0.285 e. The first-order valence-electron chi connectivity index (χ1n) is 6.79. The molecule has 0 spiro atoms. The van der Waals surface area contributed by atoms with Gasteiger partial charge < -0.3 is 0 Å². The molecular weight excluding hydrogens is 283 g/mol. The Morgan fingerprint density at radius 1 is 1.09 bits per heavy atom. The lowest BCUT2D eigenvalue weighted by atomic mass is 10.2. The fraction of sp³-hybridized carbons (Fsp3) is 0.0625. The van der Waals surface area contributed by atoms with E-state index >= 15 is 0 Å². The molecule has 1 aromatic carbocycles. The van der Waals surface area contributed by atoms with Gasteiger partial charge in [0.1, 0.15) is 0 Å². The molecular formula is C16H11FN4O. The smallest absolute Gasteiger partial charge is 0.263 e. The van der Waals surface area contributed by atoms with Crippen LogP contribution in [0.3, 0.4) is 0 Å². The number of hydrogen-bond donors (Lipinski definition) is 0. The van der Waals surface area contributed by atoms with Crippen LogP contribution in [0.4, 0.5) is 4.39 Å². The monoisotopic (exact) mass is 294 g/mol. The van der Waals surface area contributed by atoms with Gasteiger partial charge in [-0.15, -0.1) is 0 Å². The second-order valence-electron chi connectivity index (χ2n) is 4.99. The van der Waals surface area contributed by atoms with E-state index < -0.39 is 5.95 Å². The molecule has 3 heterocycles. The van der Waals surface area contributed by atoms with Crippen molar-refractivity contribution in [1.29, 1.82) is 0 Å². The molecule has 0 aliphatic carbocycles. The first-order chi connectivity index (χ1) is 10.7. The van der Waals surface area contributed by atoms with Crippen LogP contribution in [-0.2, 0) is 6.54 Å². The molecule has 0 amide bonds. The fourth-order valence-electron chi connectivity index (χ4n) is 2.61. The van der Waals surface area contributed by atoms with Crippen LogP contribution in [0.5, 0.6) is 0 Å². The van der Waals surface area contributed by atoms with Gasteiger partial charge in [0, 0.05) is 18.6 Å². The number of pyridine rings is 1. The third-order valence-corrected chi connectivity index (χ3v) is 3.63. The number of halogens is 1. The maximum absolute atomic E-state index is 12.9. The molecule has 0 radical (unpaired) electrons. The maximum Gasteiger partial charge on any atom is 0.263 e. The molecule has 108 valence electrons. The molecule has 3 aromatic heterocycles. The molecule has 0 N–H and O–H groups in total. The van der Waals surface area contributed by atoms with Crippen LogP contribution in [0.15, 0.2) is 59.8 Å². The van der Waals surface area contributed by atoms with Crippen molar-refractivity contribution in [2.45, 2.75) is 6.54 Å². The molecule has 0 unspecified atom stereocenters. The number of rotatable bonds is 2. The SMILES string of the molecule is O=c1c2ccccc2n2ccnc2n1Cc1ccc(F)nc1. The van der Waals surface area contributed by atoms with Gasteiger partial charge in [0.05, 0.1) is 17.4 Å². The summed E-state index contributed by atoms with van der Waals surface area (Å²) < 4.78 is 16.4. The molecule has 4 aromatic rings. The van der Waals surface area contributed by atoms with Gasteiger partial charge >= 0.3 is 0 Å². The van der Waals surface area contributed by atoms with Crippen LogP contribution in [0.25, 0.3) is 16.7 Å². The number of fused-ring (bicyclic) bond motifs is 3. The lowest BCUT2D eigenvalue weighted by molar-refractivity contribution is 0.581. The zero-order valence-corrected chi connectivity index (χ0v) is 11.5. The van der Waals surface area contributed by atoms with Crippen molar-refractivity contribution in [3.05, 3.63) is 76.9 Å². The summed E-state index contributed by atoms with van der Waals surface area (Å²) in [5, 5.41) is 0.614. The number of benzene rings is 1. The highest BCUT2D eigenvalue weighted by molar-refractivity contribution is 5.80. The summed E-state index contributed by atoms with van der Waals surface area (Å²) in [6.45, 7) is 0.289. The molecule has 22 heavy (non-hydrogen) atoms. The van der Waals surface area contributed by atoms with Gasteiger partial charge in [0.2, 0.25) is 11.7 Å². The van der Waals surface area contributed by atoms with Crippen molar-refractivity contribution in [1.82, 2.24) is 18.9 Å². The minimum atomic E-state index is -0.541. The van der Waals surface area contributed by atoms with Gasteiger partial charge in [0.25, 0.3) is 5.56 Å². The van der Waals surface area contributed by atoms with E-state index in [4.69, 9.17) is 0 Å². The van der Waals surface area contributed by atoms with E-state index in [1.54, 1.807) is 22.9 Å². The Hall–Kier alpha value is -3.02. The van der Waals surface area contributed by atoms with Gasteiger partial charge in [-0.3, -0.25) is 13.8 Å². The molecule has 4 rings (SSSR count). The number of nitrogens with zero attached hydrogens (tertiary/aromatic N) is 4. The zero-order valence-electron chi connectivity index (χ0n) is 11.5. The summed E-state index contributed by atoms with van der Waals surface area (Å²) >= 11 is 0. The lowest BCUT2D eigenvalue weighted by Crippen LogP contribution is -2.23. The quantitative estimate of drug-likeness (QED) is 0.533. The number of para-hydroxylation sites is 1. The third-order valence-electron chi connectivity index (χ3n) is 3.63. The van der Waals surface area contributed by atoms with Crippen molar-refractivity contribution >= 4 is 16.7 Å². The van der Waals surface area contributed by atoms with Crippen molar-refractivity contribution in [3.63, 3.8) is 0 Å². The highest BCUT2D eigenvalue weighted by Gasteiger charge is 2.11. The van der Waals surface area contributed by atoms with Crippen molar-refractivity contribution in [2.24, 2.45) is 0 Å². The minimum Gasteiger partial charge on any atom is -0.285 e. The normalized spacial score (nSPS) is 11.3. The number of hydrogen-bond acceptors (Lipinski definition) is 3. The first kappa shape index (κ1) is 12.7.